The first kappa shape index (κ1) is 44.2. The van der Waals surface area contributed by atoms with Crippen LogP contribution in [0.5, 0.6) is 11.5 Å². The molecule has 0 spiro atoms. The molecule has 0 bridgehead atoms. The van der Waals surface area contributed by atoms with Gasteiger partial charge in [0.15, 0.2) is 0 Å². The van der Waals surface area contributed by atoms with Crippen LogP contribution in [-0.2, 0) is 4.74 Å². The van der Waals surface area contributed by atoms with Crippen molar-refractivity contribution >= 4 is 11.9 Å². The minimum absolute atomic E-state index is 0.0413. The zero-order chi connectivity index (χ0) is 40.2. The Labute approximate surface area is 282 Å². The van der Waals surface area contributed by atoms with E-state index in [0.717, 1.165) is 49.9 Å². The molecule has 0 saturated heterocycles. The SMILES string of the molecule is CCCCCCOc1ccc(C(=O)Oc2ccc(C(=O)OCCC(F)(F)C(F)(F)C(F)(F)C(F)(F)C(F)(F)C(F)(F)C(F)(F)C(F)(F)F)cc2)cc1. The maximum Gasteiger partial charge on any atom is 0.460 e. The maximum absolute atomic E-state index is 14.0. The summed E-state index contributed by atoms with van der Waals surface area (Å²) in [7, 11) is 0. The summed E-state index contributed by atoms with van der Waals surface area (Å²) in [6.07, 6.45) is -6.94. The van der Waals surface area contributed by atoms with Crippen LogP contribution < -0.4 is 9.47 Å². The van der Waals surface area contributed by atoms with Gasteiger partial charge in [0.25, 0.3) is 0 Å². The van der Waals surface area contributed by atoms with Crippen LogP contribution in [-0.4, -0.2) is 72.8 Å². The molecule has 2 aromatic carbocycles. The van der Waals surface area contributed by atoms with Crippen LogP contribution in [0.4, 0.5) is 74.6 Å². The van der Waals surface area contributed by atoms with Crippen LogP contribution in [0.1, 0.15) is 59.7 Å². The number of carbonyl (C=O) groups is 2. The number of esters is 2. The molecule has 0 N–H and O–H groups in total. The van der Waals surface area contributed by atoms with E-state index >= 15 is 0 Å². The highest BCUT2D eigenvalue weighted by atomic mass is 19.4. The predicted molar refractivity (Wildman–Crippen MR) is 143 cm³/mol. The minimum atomic E-state index is -8.73. The average Bonchev–Trinajstić information content (AvgIpc) is 3.04. The summed E-state index contributed by atoms with van der Waals surface area (Å²) in [6, 6.07) is 9.11. The fourth-order valence-electron chi connectivity index (χ4n) is 3.94. The summed E-state index contributed by atoms with van der Waals surface area (Å²) in [5.74, 6) is -59.7. The van der Waals surface area contributed by atoms with Crippen LogP contribution in [0.2, 0.25) is 0 Å². The van der Waals surface area contributed by atoms with Crippen molar-refractivity contribution in [3.63, 3.8) is 0 Å². The van der Waals surface area contributed by atoms with Gasteiger partial charge >= 0.3 is 59.6 Å². The third-order valence-electron chi connectivity index (χ3n) is 7.09. The van der Waals surface area contributed by atoms with Crippen molar-refractivity contribution in [2.75, 3.05) is 13.2 Å². The van der Waals surface area contributed by atoms with Gasteiger partial charge in [-0.3, -0.25) is 0 Å². The molecule has 22 heteroatoms. The van der Waals surface area contributed by atoms with Gasteiger partial charge in [-0.05, 0) is 55.0 Å². The molecule has 5 nitrogen and oxygen atoms in total. The number of halogens is 17. The zero-order valence-corrected chi connectivity index (χ0v) is 26.0. The van der Waals surface area contributed by atoms with Crippen molar-refractivity contribution in [3.05, 3.63) is 59.7 Å². The van der Waals surface area contributed by atoms with E-state index in [4.69, 9.17) is 9.47 Å². The molecule has 0 amide bonds. The van der Waals surface area contributed by atoms with Gasteiger partial charge < -0.3 is 14.2 Å². The van der Waals surface area contributed by atoms with E-state index in [1.165, 1.54) is 24.3 Å². The first-order valence-electron chi connectivity index (χ1n) is 14.5. The Balaban J connectivity index is 2.07. The quantitative estimate of drug-likeness (QED) is 0.0652. The Hall–Kier alpha value is -4.01. The highest BCUT2D eigenvalue weighted by Gasteiger charge is 2.95. The molecule has 52 heavy (non-hydrogen) atoms. The van der Waals surface area contributed by atoms with E-state index in [1.54, 1.807) is 0 Å². The molecule has 0 aliphatic heterocycles. The lowest BCUT2D eigenvalue weighted by Crippen LogP contribution is -2.74. The molecular formula is C30H25F17O5. The van der Waals surface area contributed by atoms with Crippen molar-refractivity contribution in [2.24, 2.45) is 0 Å². The second-order valence-electron chi connectivity index (χ2n) is 10.9. The van der Waals surface area contributed by atoms with Gasteiger partial charge in [-0.25, -0.2) is 9.59 Å². The van der Waals surface area contributed by atoms with E-state index in [1.807, 2.05) is 6.92 Å². The van der Waals surface area contributed by atoms with Crippen molar-refractivity contribution in [1.29, 1.82) is 0 Å². The average molecular weight is 788 g/mol. The van der Waals surface area contributed by atoms with E-state index < -0.39 is 78.2 Å². The molecule has 0 saturated carbocycles. The number of benzene rings is 2. The van der Waals surface area contributed by atoms with Crippen LogP contribution in [0, 0.1) is 0 Å². The number of hydrogen-bond donors (Lipinski definition) is 0. The predicted octanol–water partition coefficient (Wildman–Crippen LogP) is 10.4. The van der Waals surface area contributed by atoms with E-state index in [2.05, 4.69) is 4.74 Å². The second kappa shape index (κ2) is 15.5. The summed E-state index contributed by atoms with van der Waals surface area (Å²) < 4.78 is 242. The van der Waals surface area contributed by atoms with Crippen LogP contribution in [0.3, 0.4) is 0 Å². The summed E-state index contributed by atoms with van der Waals surface area (Å²) in [6.45, 7) is 0.379. The van der Waals surface area contributed by atoms with Gasteiger partial charge in [0.05, 0.1) is 30.8 Å². The lowest BCUT2D eigenvalue weighted by Gasteiger charge is -2.42. The smallest absolute Gasteiger partial charge is 0.460 e. The molecule has 294 valence electrons. The standard InChI is InChI=1S/C30H25F17O5/c1-2-3-4-5-15-50-19-10-6-18(7-11-19)22(49)52-20-12-8-17(9-13-20)21(48)51-16-14-23(31,32)24(33,34)25(35,36)26(37,38)27(39,40)28(41,42)29(43,44)30(45,46)47/h6-13H,2-5,14-16H2,1H3. The third kappa shape index (κ3) is 8.44. The normalized spacial score (nSPS) is 13.9. The zero-order valence-electron chi connectivity index (χ0n) is 26.0. The third-order valence-corrected chi connectivity index (χ3v) is 7.09. The molecule has 0 aliphatic carbocycles. The molecule has 0 radical (unpaired) electrons. The Morgan fingerprint density at radius 1 is 0.500 bits per heavy atom. The fraction of sp³-hybridized carbons (Fsp3) is 0.533. The summed E-state index contributed by atoms with van der Waals surface area (Å²) >= 11 is 0. The first-order chi connectivity index (χ1) is 23.5. The van der Waals surface area contributed by atoms with Gasteiger partial charge in [-0.15, -0.1) is 0 Å². The molecule has 0 aromatic heterocycles. The van der Waals surface area contributed by atoms with Crippen molar-refractivity contribution in [3.8, 4) is 11.5 Å². The Morgan fingerprint density at radius 2 is 0.923 bits per heavy atom. The first-order valence-corrected chi connectivity index (χ1v) is 14.5. The van der Waals surface area contributed by atoms with Gasteiger partial charge in [0, 0.05) is 0 Å². The topological polar surface area (TPSA) is 61.8 Å². The summed E-state index contributed by atoms with van der Waals surface area (Å²) in [5, 5.41) is 0. The fourth-order valence-corrected chi connectivity index (χ4v) is 3.94. The maximum atomic E-state index is 14.0. The number of carbonyl (C=O) groups excluding carboxylic acids is 2. The second-order valence-corrected chi connectivity index (χ2v) is 10.9. The van der Waals surface area contributed by atoms with Gasteiger partial charge in [0.1, 0.15) is 11.5 Å². The molecule has 0 atom stereocenters. The Morgan fingerprint density at radius 3 is 1.38 bits per heavy atom. The van der Waals surface area contributed by atoms with Crippen molar-refractivity contribution in [1.82, 2.24) is 0 Å². The Bertz CT molecular complexity index is 1510. The van der Waals surface area contributed by atoms with Gasteiger partial charge in [0.2, 0.25) is 0 Å². The molecule has 0 aliphatic rings. The minimum Gasteiger partial charge on any atom is -0.494 e. The largest absolute Gasteiger partial charge is 0.494 e. The highest BCUT2D eigenvalue weighted by molar-refractivity contribution is 5.92. The highest BCUT2D eigenvalue weighted by Crippen LogP contribution is 2.64. The number of rotatable bonds is 18. The lowest BCUT2D eigenvalue weighted by molar-refractivity contribution is -0.461. The molecular weight excluding hydrogens is 763 g/mol. The van der Waals surface area contributed by atoms with Gasteiger partial charge in [-0.1, -0.05) is 26.2 Å². The monoisotopic (exact) mass is 788 g/mol. The number of ether oxygens (including phenoxy) is 3. The number of hydrogen-bond acceptors (Lipinski definition) is 5. The molecule has 2 aromatic rings. The number of unbranched alkanes of at least 4 members (excludes halogenated alkanes) is 3. The van der Waals surface area contributed by atoms with Crippen LogP contribution in [0.25, 0.3) is 0 Å². The van der Waals surface area contributed by atoms with E-state index in [0.29, 0.717) is 12.4 Å². The summed E-state index contributed by atoms with van der Waals surface area (Å²) in [4.78, 5) is 24.4. The summed E-state index contributed by atoms with van der Waals surface area (Å²) in [5.41, 5.74) is -0.584. The van der Waals surface area contributed by atoms with Crippen molar-refractivity contribution < 1.29 is 98.4 Å². The van der Waals surface area contributed by atoms with E-state index in [9.17, 15) is 84.2 Å². The lowest BCUT2D eigenvalue weighted by atomic mass is 9.88. The van der Waals surface area contributed by atoms with Crippen LogP contribution in [0.15, 0.2) is 48.5 Å². The van der Waals surface area contributed by atoms with Gasteiger partial charge in [-0.2, -0.15) is 74.6 Å². The number of alkyl halides is 17. The molecule has 0 unspecified atom stereocenters. The van der Waals surface area contributed by atoms with Crippen LogP contribution >= 0.6 is 0 Å². The molecule has 0 heterocycles. The van der Waals surface area contributed by atoms with Crippen molar-refractivity contribution in [2.45, 2.75) is 86.7 Å². The van der Waals surface area contributed by atoms with E-state index in [-0.39, 0.29) is 11.3 Å². The molecule has 2 rings (SSSR count). The molecule has 0 fully saturated rings. The Kier molecular flexibility index (Phi) is 13.2.